The Morgan fingerprint density at radius 1 is 1.44 bits per heavy atom. The lowest BCUT2D eigenvalue weighted by Crippen LogP contribution is -2.34. The molecule has 1 saturated carbocycles. The summed E-state index contributed by atoms with van der Waals surface area (Å²) in [5.41, 5.74) is 1.94. The first-order valence-electron chi connectivity index (χ1n) is 6.99. The highest BCUT2D eigenvalue weighted by Crippen LogP contribution is 2.26. The van der Waals surface area contributed by atoms with Crippen LogP contribution in [0.15, 0.2) is 12.3 Å². The molecule has 18 heavy (non-hydrogen) atoms. The van der Waals surface area contributed by atoms with Gasteiger partial charge in [-0.05, 0) is 37.3 Å². The molecule has 1 fully saturated rings. The Morgan fingerprint density at radius 2 is 2.17 bits per heavy atom. The molecule has 1 N–H and O–H groups in total. The molecule has 1 aromatic rings. The zero-order chi connectivity index (χ0) is 13.0. The van der Waals surface area contributed by atoms with Crippen LogP contribution in [0.4, 0.5) is 0 Å². The van der Waals surface area contributed by atoms with Crippen LogP contribution in [0.2, 0.25) is 0 Å². The van der Waals surface area contributed by atoms with Crippen molar-refractivity contribution < 1.29 is 0 Å². The molecule has 1 atom stereocenters. The van der Waals surface area contributed by atoms with Gasteiger partial charge < -0.3 is 9.88 Å². The molecule has 0 spiro atoms. The molecular weight excluding hydrogens is 222 g/mol. The van der Waals surface area contributed by atoms with Crippen molar-refractivity contribution in [3.63, 3.8) is 0 Å². The Balaban J connectivity index is 1.84. The van der Waals surface area contributed by atoms with Crippen LogP contribution in [-0.2, 0) is 13.6 Å². The van der Waals surface area contributed by atoms with E-state index in [9.17, 15) is 0 Å². The Hall–Kier alpha value is -1.27. The van der Waals surface area contributed by atoms with E-state index in [0.717, 1.165) is 18.2 Å². The number of nitrogens with one attached hydrogen (secondary N) is 1. The Morgan fingerprint density at radius 3 is 2.78 bits per heavy atom. The van der Waals surface area contributed by atoms with E-state index in [2.05, 4.69) is 18.3 Å². The van der Waals surface area contributed by atoms with Crippen molar-refractivity contribution in [2.24, 2.45) is 13.0 Å². The lowest BCUT2D eigenvalue weighted by atomic mass is 9.84. The summed E-state index contributed by atoms with van der Waals surface area (Å²) >= 11 is 0. The predicted molar refractivity (Wildman–Crippen MR) is 73.0 cm³/mol. The minimum Gasteiger partial charge on any atom is -0.342 e. The summed E-state index contributed by atoms with van der Waals surface area (Å²) in [4.78, 5) is 0. The first-order valence-corrected chi connectivity index (χ1v) is 6.99. The lowest BCUT2D eigenvalue weighted by Gasteiger charge is -2.28. The quantitative estimate of drug-likeness (QED) is 0.886. The van der Waals surface area contributed by atoms with Gasteiger partial charge in [-0.15, -0.1) is 0 Å². The van der Waals surface area contributed by atoms with Gasteiger partial charge in [-0.25, -0.2) is 0 Å². The highest BCUT2D eigenvalue weighted by Gasteiger charge is 2.19. The fourth-order valence-electron chi connectivity index (χ4n) is 2.92. The third-order valence-corrected chi connectivity index (χ3v) is 4.16. The number of nitriles is 1. The van der Waals surface area contributed by atoms with Gasteiger partial charge in [0.2, 0.25) is 0 Å². The molecule has 1 aliphatic rings. The molecule has 3 nitrogen and oxygen atoms in total. The first kappa shape index (κ1) is 13.2. The number of aromatic nitrogens is 1. The van der Waals surface area contributed by atoms with Gasteiger partial charge in [0, 0.05) is 25.8 Å². The van der Waals surface area contributed by atoms with Crippen LogP contribution >= 0.6 is 0 Å². The van der Waals surface area contributed by atoms with Crippen LogP contribution in [0.5, 0.6) is 0 Å². The Labute approximate surface area is 110 Å². The van der Waals surface area contributed by atoms with Crippen LogP contribution in [-0.4, -0.2) is 10.6 Å². The van der Waals surface area contributed by atoms with Gasteiger partial charge in [-0.3, -0.25) is 0 Å². The maximum atomic E-state index is 8.92. The maximum Gasteiger partial charge on any atom is 0.120 e. The molecule has 0 aliphatic heterocycles. The molecule has 0 saturated heterocycles. The molecule has 3 heteroatoms. The van der Waals surface area contributed by atoms with Gasteiger partial charge in [0.05, 0.1) is 0 Å². The summed E-state index contributed by atoms with van der Waals surface area (Å²) in [6.07, 6.45) is 8.96. The van der Waals surface area contributed by atoms with Crippen molar-refractivity contribution in [3.05, 3.63) is 23.5 Å². The number of aryl methyl sites for hydroxylation is 1. The fourth-order valence-corrected chi connectivity index (χ4v) is 2.92. The van der Waals surface area contributed by atoms with Crippen molar-refractivity contribution in [1.29, 1.82) is 5.26 Å². The topological polar surface area (TPSA) is 40.8 Å². The summed E-state index contributed by atoms with van der Waals surface area (Å²) in [5, 5.41) is 12.5. The summed E-state index contributed by atoms with van der Waals surface area (Å²) < 4.78 is 1.89. The summed E-state index contributed by atoms with van der Waals surface area (Å²) in [6.45, 7) is 3.16. The summed E-state index contributed by atoms with van der Waals surface area (Å²) in [5.74, 6) is 0.831. The number of nitrogens with zero attached hydrogens (tertiary/aromatic N) is 2. The SMILES string of the molecule is C[C@@H](NCc1cc(C#N)n(C)c1)C1CCCCC1. The zero-order valence-electron chi connectivity index (χ0n) is 11.4. The van der Waals surface area contributed by atoms with E-state index < -0.39 is 0 Å². The van der Waals surface area contributed by atoms with Gasteiger partial charge in [-0.2, -0.15) is 5.26 Å². The van der Waals surface area contributed by atoms with E-state index >= 15 is 0 Å². The largest absolute Gasteiger partial charge is 0.342 e. The summed E-state index contributed by atoms with van der Waals surface area (Å²) in [6, 6.07) is 4.75. The van der Waals surface area contributed by atoms with Crippen molar-refractivity contribution >= 4 is 0 Å². The average molecular weight is 245 g/mol. The second-order valence-electron chi connectivity index (χ2n) is 5.52. The van der Waals surface area contributed by atoms with Gasteiger partial charge in [0.25, 0.3) is 0 Å². The Bertz CT molecular complexity index is 421. The van der Waals surface area contributed by atoms with E-state index in [1.165, 1.54) is 37.7 Å². The molecule has 98 valence electrons. The second-order valence-corrected chi connectivity index (χ2v) is 5.52. The van der Waals surface area contributed by atoms with Crippen LogP contribution in [0.3, 0.4) is 0 Å². The molecule has 2 rings (SSSR count). The maximum absolute atomic E-state index is 8.92. The highest BCUT2D eigenvalue weighted by atomic mass is 15.0. The van der Waals surface area contributed by atoms with Crippen molar-refractivity contribution in [2.45, 2.75) is 51.6 Å². The molecular formula is C15H23N3. The van der Waals surface area contributed by atoms with Crippen molar-refractivity contribution in [1.82, 2.24) is 9.88 Å². The molecule has 0 amide bonds. The molecule has 0 radical (unpaired) electrons. The van der Waals surface area contributed by atoms with Gasteiger partial charge in [0.15, 0.2) is 0 Å². The molecule has 1 heterocycles. The molecule has 0 aromatic carbocycles. The number of hydrogen-bond acceptors (Lipinski definition) is 2. The monoisotopic (exact) mass is 245 g/mol. The van der Waals surface area contributed by atoms with E-state index in [1.807, 2.05) is 23.9 Å². The van der Waals surface area contributed by atoms with Crippen LogP contribution < -0.4 is 5.32 Å². The van der Waals surface area contributed by atoms with Crippen molar-refractivity contribution in [3.8, 4) is 6.07 Å². The van der Waals surface area contributed by atoms with E-state index in [0.29, 0.717) is 6.04 Å². The minimum absolute atomic E-state index is 0.580. The fraction of sp³-hybridized carbons (Fsp3) is 0.667. The zero-order valence-corrected chi connectivity index (χ0v) is 11.4. The molecule has 0 unspecified atom stereocenters. The van der Waals surface area contributed by atoms with Gasteiger partial charge in [-0.1, -0.05) is 19.3 Å². The van der Waals surface area contributed by atoms with E-state index in [4.69, 9.17) is 5.26 Å². The second kappa shape index (κ2) is 6.06. The third-order valence-electron chi connectivity index (χ3n) is 4.16. The standard InChI is InChI=1S/C15H23N3/c1-12(14-6-4-3-5-7-14)17-10-13-8-15(9-16)18(2)11-13/h8,11-12,14,17H,3-7,10H2,1-2H3/t12-/m1/s1. The molecule has 0 bridgehead atoms. The third kappa shape index (κ3) is 3.14. The molecule has 1 aromatic heterocycles. The van der Waals surface area contributed by atoms with E-state index in [1.54, 1.807) is 0 Å². The van der Waals surface area contributed by atoms with E-state index in [-0.39, 0.29) is 0 Å². The van der Waals surface area contributed by atoms with Gasteiger partial charge in [0.1, 0.15) is 11.8 Å². The van der Waals surface area contributed by atoms with Crippen molar-refractivity contribution in [2.75, 3.05) is 0 Å². The summed E-state index contributed by atoms with van der Waals surface area (Å²) in [7, 11) is 1.92. The van der Waals surface area contributed by atoms with Crippen LogP contribution in [0, 0.1) is 17.2 Å². The normalized spacial score (nSPS) is 18.5. The average Bonchev–Trinajstić information content (AvgIpc) is 2.77. The lowest BCUT2D eigenvalue weighted by molar-refractivity contribution is 0.280. The predicted octanol–water partition coefficient (Wildman–Crippen LogP) is 2.96. The van der Waals surface area contributed by atoms with Crippen LogP contribution in [0.25, 0.3) is 0 Å². The van der Waals surface area contributed by atoms with Gasteiger partial charge >= 0.3 is 0 Å². The number of hydrogen-bond donors (Lipinski definition) is 1. The first-order chi connectivity index (χ1) is 8.70. The minimum atomic E-state index is 0.580. The number of rotatable bonds is 4. The molecule has 1 aliphatic carbocycles. The Kier molecular flexibility index (Phi) is 4.43. The highest BCUT2D eigenvalue weighted by molar-refractivity contribution is 5.28. The van der Waals surface area contributed by atoms with Crippen LogP contribution in [0.1, 0.15) is 50.3 Å². The smallest absolute Gasteiger partial charge is 0.120 e.